The van der Waals surface area contributed by atoms with Crippen molar-refractivity contribution in [2.24, 2.45) is 0 Å². The fourth-order valence-corrected chi connectivity index (χ4v) is 3.24. The summed E-state index contributed by atoms with van der Waals surface area (Å²) in [4.78, 5) is 4.57. The normalized spacial score (nSPS) is 12.5. The van der Waals surface area contributed by atoms with Crippen LogP contribution in [0.1, 0.15) is 18.5 Å². The second kappa shape index (κ2) is 8.64. The Labute approximate surface area is 174 Å². The zero-order valence-electron chi connectivity index (χ0n) is 16.4. The molecule has 0 saturated heterocycles. The Bertz CT molecular complexity index is 1190. The fourth-order valence-electron chi connectivity index (χ4n) is 3.24. The summed E-state index contributed by atoms with van der Waals surface area (Å²) in [6.07, 6.45) is 6.77. The fraction of sp³-hybridized carbons (Fsp3) is 0.250. The molecule has 0 amide bonds. The van der Waals surface area contributed by atoms with Gasteiger partial charge in [-0.2, -0.15) is 19.0 Å². The van der Waals surface area contributed by atoms with E-state index in [-0.39, 0.29) is 17.9 Å². The van der Waals surface area contributed by atoms with E-state index >= 15 is 0 Å². The van der Waals surface area contributed by atoms with Gasteiger partial charge in [-0.1, -0.05) is 0 Å². The summed E-state index contributed by atoms with van der Waals surface area (Å²) in [5.74, 6) is -0.234. The first-order valence-electron chi connectivity index (χ1n) is 9.43. The van der Waals surface area contributed by atoms with Crippen LogP contribution in [0.5, 0.6) is 5.75 Å². The standard InChI is InChI=1S/C20H19F3N6O2/c1-12(15-8-14(21)2-3-17(15)31-20(22)23)26-18-4-5-29-19(27-18)16(10-25-29)13-9-24-28(11-13)6-7-30/h2-5,8-12,20,30H,6-7H2,1H3,(H,26,27). The monoisotopic (exact) mass is 432 g/mol. The number of alkyl halides is 2. The number of hydrogen-bond acceptors (Lipinski definition) is 6. The smallest absolute Gasteiger partial charge is 0.387 e. The van der Waals surface area contributed by atoms with Crippen molar-refractivity contribution in [3.8, 4) is 16.9 Å². The molecule has 0 radical (unpaired) electrons. The Balaban J connectivity index is 1.63. The van der Waals surface area contributed by atoms with Crippen LogP contribution in [-0.4, -0.2) is 42.7 Å². The maximum Gasteiger partial charge on any atom is 0.387 e. The summed E-state index contributed by atoms with van der Waals surface area (Å²) >= 11 is 0. The van der Waals surface area contributed by atoms with E-state index in [1.807, 2.05) is 0 Å². The highest BCUT2D eigenvalue weighted by Crippen LogP contribution is 2.30. The molecule has 0 aliphatic rings. The van der Waals surface area contributed by atoms with Gasteiger partial charge in [0.05, 0.1) is 31.6 Å². The molecule has 1 atom stereocenters. The summed E-state index contributed by atoms with van der Waals surface area (Å²) in [5, 5.41) is 20.6. The molecule has 0 fully saturated rings. The molecule has 2 N–H and O–H groups in total. The van der Waals surface area contributed by atoms with Crippen molar-refractivity contribution in [1.29, 1.82) is 0 Å². The molecule has 0 aliphatic carbocycles. The quantitative estimate of drug-likeness (QED) is 0.443. The Hall–Kier alpha value is -3.60. The molecular formula is C20H19F3N6O2. The average molecular weight is 432 g/mol. The number of fused-ring (bicyclic) bond motifs is 1. The third kappa shape index (κ3) is 4.45. The number of hydrogen-bond donors (Lipinski definition) is 2. The van der Waals surface area contributed by atoms with Crippen molar-refractivity contribution in [3.63, 3.8) is 0 Å². The minimum absolute atomic E-state index is 0.0303. The predicted octanol–water partition coefficient (Wildman–Crippen LogP) is 3.50. The zero-order chi connectivity index (χ0) is 22.0. The van der Waals surface area contributed by atoms with E-state index in [1.165, 1.54) is 6.07 Å². The van der Waals surface area contributed by atoms with Gasteiger partial charge in [0.1, 0.15) is 17.4 Å². The second-order valence-electron chi connectivity index (χ2n) is 6.78. The van der Waals surface area contributed by atoms with Gasteiger partial charge in [0.15, 0.2) is 5.65 Å². The molecule has 0 bridgehead atoms. The third-order valence-electron chi connectivity index (χ3n) is 4.66. The molecule has 8 nitrogen and oxygen atoms in total. The lowest BCUT2D eigenvalue weighted by atomic mass is 10.1. The molecule has 31 heavy (non-hydrogen) atoms. The van der Waals surface area contributed by atoms with Crippen LogP contribution in [-0.2, 0) is 6.54 Å². The second-order valence-corrected chi connectivity index (χ2v) is 6.78. The highest BCUT2D eigenvalue weighted by atomic mass is 19.3. The topological polar surface area (TPSA) is 89.5 Å². The highest BCUT2D eigenvalue weighted by molar-refractivity contribution is 5.76. The van der Waals surface area contributed by atoms with E-state index in [1.54, 1.807) is 47.0 Å². The number of rotatable bonds is 8. The van der Waals surface area contributed by atoms with Gasteiger partial charge >= 0.3 is 6.61 Å². The van der Waals surface area contributed by atoms with Gasteiger partial charge in [0.25, 0.3) is 0 Å². The SMILES string of the molecule is CC(Nc1ccn2ncc(-c3cnn(CCO)c3)c2n1)c1cc(F)ccc1OC(F)F. The molecular weight excluding hydrogens is 413 g/mol. The first-order chi connectivity index (χ1) is 14.9. The number of nitrogens with one attached hydrogen (secondary N) is 1. The van der Waals surface area contributed by atoms with Crippen LogP contribution < -0.4 is 10.1 Å². The molecule has 0 spiro atoms. The van der Waals surface area contributed by atoms with E-state index in [2.05, 4.69) is 25.2 Å². The summed E-state index contributed by atoms with van der Waals surface area (Å²) in [6.45, 7) is -0.993. The summed E-state index contributed by atoms with van der Waals surface area (Å²) in [7, 11) is 0. The zero-order valence-corrected chi connectivity index (χ0v) is 16.4. The summed E-state index contributed by atoms with van der Waals surface area (Å²) in [5.41, 5.74) is 2.29. The molecule has 0 saturated carbocycles. The van der Waals surface area contributed by atoms with Crippen LogP contribution in [0.3, 0.4) is 0 Å². The minimum Gasteiger partial charge on any atom is -0.434 e. The lowest BCUT2D eigenvalue weighted by Crippen LogP contribution is -2.12. The molecule has 1 unspecified atom stereocenters. The van der Waals surface area contributed by atoms with Crippen molar-refractivity contribution < 1.29 is 23.0 Å². The van der Waals surface area contributed by atoms with Crippen LogP contribution in [0.4, 0.5) is 19.0 Å². The highest BCUT2D eigenvalue weighted by Gasteiger charge is 2.17. The van der Waals surface area contributed by atoms with Crippen LogP contribution in [0, 0.1) is 5.82 Å². The Morgan fingerprint density at radius 1 is 1.19 bits per heavy atom. The van der Waals surface area contributed by atoms with E-state index in [0.717, 1.165) is 23.3 Å². The summed E-state index contributed by atoms with van der Waals surface area (Å²) in [6, 6.07) is 4.48. The van der Waals surface area contributed by atoms with Crippen molar-refractivity contribution in [2.75, 3.05) is 11.9 Å². The number of aliphatic hydroxyl groups is 1. The van der Waals surface area contributed by atoms with Crippen LogP contribution >= 0.6 is 0 Å². The van der Waals surface area contributed by atoms with Crippen molar-refractivity contribution >= 4 is 11.5 Å². The summed E-state index contributed by atoms with van der Waals surface area (Å²) < 4.78 is 46.8. The Kier molecular flexibility index (Phi) is 5.76. The van der Waals surface area contributed by atoms with Crippen LogP contribution in [0.15, 0.2) is 49.1 Å². The molecule has 4 aromatic rings. The largest absolute Gasteiger partial charge is 0.434 e. The van der Waals surface area contributed by atoms with Gasteiger partial charge in [-0.15, -0.1) is 0 Å². The number of aliphatic hydroxyl groups excluding tert-OH is 1. The predicted molar refractivity (Wildman–Crippen MR) is 106 cm³/mol. The lowest BCUT2D eigenvalue weighted by Gasteiger charge is -2.19. The molecule has 162 valence electrons. The van der Waals surface area contributed by atoms with Crippen LogP contribution in [0.25, 0.3) is 16.8 Å². The van der Waals surface area contributed by atoms with Crippen molar-refractivity contribution in [3.05, 3.63) is 60.4 Å². The van der Waals surface area contributed by atoms with Gasteiger partial charge in [-0.3, -0.25) is 4.68 Å². The van der Waals surface area contributed by atoms with E-state index in [4.69, 9.17) is 5.11 Å². The Morgan fingerprint density at radius 2 is 2.03 bits per heavy atom. The van der Waals surface area contributed by atoms with E-state index < -0.39 is 18.5 Å². The van der Waals surface area contributed by atoms with Gasteiger partial charge in [0, 0.05) is 29.1 Å². The van der Waals surface area contributed by atoms with Crippen molar-refractivity contribution in [2.45, 2.75) is 26.1 Å². The number of nitrogens with zero attached hydrogens (tertiary/aromatic N) is 5. The number of benzene rings is 1. The minimum atomic E-state index is -3.02. The Morgan fingerprint density at radius 3 is 2.81 bits per heavy atom. The molecule has 4 rings (SSSR count). The number of aromatic nitrogens is 5. The third-order valence-corrected chi connectivity index (χ3v) is 4.66. The van der Waals surface area contributed by atoms with Crippen LogP contribution in [0.2, 0.25) is 0 Å². The van der Waals surface area contributed by atoms with Gasteiger partial charge in [-0.05, 0) is 31.2 Å². The average Bonchev–Trinajstić information content (AvgIpc) is 3.35. The molecule has 3 heterocycles. The number of anilines is 1. The molecule has 1 aromatic carbocycles. The van der Waals surface area contributed by atoms with Crippen molar-refractivity contribution in [1.82, 2.24) is 24.4 Å². The van der Waals surface area contributed by atoms with E-state index in [9.17, 15) is 13.2 Å². The molecule has 3 aromatic heterocycles. The number of ether oxygens (including phenoxy) is 1. The lowest BCUT2D eigenvalue weighted by molar-refractivity contribution is -0.0505. The first kappa shape index (κ1) is 20.7. The molecule has 0 aliphatic heterocycles. The maximum atomic E-state index is 13.7. The van der Waals surface area contributed by atoms with E-state index in [0.29, 0.717) is 18.0 Å². The van der Waals surface area contributed by atoms with Gasteiger partial charge < -0.3 is 15.2 Å². The van der Waals surface area contributed by atoms with Gasteiger partial charge in [0.2, 0.25) is 0 Å². The maximum absolute atomic E-state index is 13.7. The first-order valence-corrected chi connectivity index (χ1v) is 9.43. The molecule has 11 heteroatoms. The van der Waals surface area contributed by atoms with Gasteiger partial charge in [-0.25, -0.2) is 13.9 Å². The number of halogens is 3.